The first kappa shape index (κ1) is 22.0. The van der Waals surface area contributed by atoms with Crippen molar-refractivity contribution in [2.45, 2.75) is 26.3 Å². The molecule has 9 heteroatoms. The van der Waals surface area contributed by atoms with Gasteiger partial charge >= 0.3 is 6.03 Å². The number of ether oxygens (including phenoxy) is 1. The summed E-state index contributed by atoms with van der Waals surface area (Å²) in [6, 6.07) is 13.7. The maximum absolute atomic E-state index is 13.1. The lowest BCUT2D eigenvalue weighted by molar-refractivity contribution is 0.185. The van der Waals surface area contributed by atoms with Crippen LogP contribution in [0.4, 0.5) is 20.0 Å². The van der Waals surface area contributed by atoms with Gasteiger partial charge in [0, 0.05) is 49.3 Å². The van der Waals surface area contributed by atoms with Crippen molar-refractivity contribution in [2.24, 2.45) is 0 Å². The molecule has 2 heterocycles. The van der Waals surface area contributed by atoms with Gasteiger partial charge in [0.2, 0.25) is 5.13 Å². The fraction of sp³-hybridized carbons (Fsp3) is 0.348. The molecule has 1 saturated heterocycles. The first-order chi connectivity index (χ1) is 15.5. The van der Waals surface area contributed by atoms with E-state index in [-0.39, 0.29) is 17.9 Å². The molecule has 0 aliphatic carbocycles. The third kappa shape index (κ3) is 5.34. The van der Waals surface area contributed by atoms with Crippen molar-refractivity contribution in [2.75, 3.05) is 36.5 Å². The van der Waals surface area contributed by atoms with Crippen LogP contribution in [0.1, 0.15) is 25.2 Å². The Morgan fingerprint density at radius 3 is 2.62 bits per heavy atom. The van der Waals surface area contributed by atoms with Crippen molar-refractivity contribution >= 4 is 28.4 Å². The predicted octanol–water partition coefficient (Wildman–Crippen LogP) is 4.41. The number of carbonyl (C=O) groups is 1. The van der Waals surface area contributed by atoms with Crippen LogP contribution in [0.5, 0.6) is 5.75 Å². The van der Waals surface area contributed by atoms with Crippen molar-refractivity contribution in [1.82, 2.24) is 14.3 Å². The summed E-state index contributed by atoms with van der Waals surface area (Å²) in [5.74, 6) is 1.25. The van der Waals surface area contributed by atoms with Crippen LogP contribution >= 0.6 is 11.5 Å². The van der Waals surface area contributed by atoms with E-state index in [1.54, 1.807) is 12.1 Å². The smallest absolute Gasteiger partial charge is 0.322 e. The molecule has 1 atom stereocenters. The minimum atomic E-state index is -0.251. The molecule has 3 aromatic rings. The van der Waals surface area contributed by atoms with Crippen LogP contribution in [0.15, 0.2) is 48.5 Å². The summed E-state index contributed by atoms with van der Waals surface area (Å²) < 4.78 is 23.0. The van der Waals surface area contributed by atoms with Gasteiger partial charge in [-0.2, -0.15) is 4.37 Å². The number of nitrogens with zero attached hydrogens (tertiary/aromatic N) is 4. The highest BCUT2D eigenvalue weighted by atomic mass is 32.1. The van der Waals surface area contributed by atoms with E-state index in [4.69, 9.17) is 4.74 Å². The summed E-state index contributed by atoms with van der Waals surface area (Å²) in [6.07, 6.45) is 0.566. The Kier molecular flexibility index (Phi) is 6.84. The third-order valence-corrected chi connectivity index (χ3v) is 6.12. The Hall–Kier alpha value is -3.20. The van der Waals surface area contributed by atoms with Crippen molar-refractivity contribution in [1.29, 1.82) is 0 Å². The van der Waals surface area contributed by atoms with Crippen molar-refractivity contribution in [3.8, 4) is 5.75 Å². The van der Waals surface area contributed by atoms with Crippen molar-refractivity contribution in [3.05, 3.63) is 65.7 Å². The van der Waals surface area contributed by atoms with Crippen LogP contribution < -0.4 is 15.0 Å². The topological polar surface area (TPSA) is 70.6 Å². The molecule has 0 spiro atoms. The first-order valence-electron chi connectivity index (χ1n) is 10.6. The summed E-state index contributed by atoms with van der Waals surface area (Å²) in [7, 11) is 0. The largest absolute Gasteiger partial charge is 0.494 e. The second-order valence-electron chi connectivity index (χ2n) is 7.67. The second-order valence-corrected chi connectivity index (χ2v) is 8.40. The zero-order valence-electron chi connectivity index (χ0n) is 18.1. The van der Waals surface area contributed by atoms with E-state index in [2.05, 4.69) is 19.6 Å². The van der Waals surface area contributed by atoms with E-state index in [0.717, 1.165) is 28.0 Å². The number of carbonyl (C=O) groups excluding carboxylic acids is 1. The minimum Gasteiger partial charge on any atom is -0.494 e. The molecule has 1 aliphatic rings. The number of aromatic nitrogens is 2. The van der Waals surface area contributed by atoms with Gasteiger partial charge in [-0.05, 0) is 55.8 Å². The normalized spacial score (nSPS) is 16.2. The molecule has 1 N–H and O–H groups in total. The molecule has 168 valence electrons. The van der Waals surface area contributed by atoms with Crippen LogP contribution in [0.25, 0.3) is 0 Å². The Balaban J connectivity index is 1.32. The van der Waals surface area contributed by atoms with E-state index in [1.165, 1.54) is 23.7 Å². The Morgan fingerprint density at radius 1 is 1.19 bits per heavy atom. The molecule has 1 aromatic heterocycles. The van der Waals surface area contributed by atoms with Gasteiger partial charge in [-0.1, -0.05) is 12.1 Å². The van der Waals surface area contributed by atoms with Gasteiger partial charge < -0.3 is 19.9 Å². The van der Waals surface area contributed by atoms with Gasteiger partial charge in [-0.25, -0.2) is 14.2 Å². The van der Waals surface area contributed by atoms with E-state index < -0.39 is 0 Å². The highest BCUT2D eigenvalue weighted by Gasteiger charge is 2.29. The molecular formula is C23H26FN5O2S. The number of amides is 2. The number of rotatable bonds is 6. The zero-order chi connectivity index (χ0) is 22.5. The Labute approximate surface area is 191 Å². The zero-order valence-corrected chi connectivity index (χ0v) is 18.9. The van der Waals surface area contributed by atoms with E-state index in [9.17, 15) is 9.18 Å². The fourth-order valence-electron chi connectivity index (χ4n) is 3.66. The Morgan fingerprint density at radius 2 is 1.94 bits per heavy atom. The summed E-state index contributed by atoms with van der Waals surface area (Å²) in [4.78, 5) is 21.4. The molecule has 2 aromatic carbocycles. The average Bonchev–Trinajstić information content (AvgIpc) is 3.25. The van der Waals surface area contributed by atoms with E-state index in [1.807, 2.05) is 43.0 Å². The molecule has 1 unspecified atom stereocenters. The number of benzene rings is 2. The van der Waals surface area contributed by atoms with Gasteiger partial charge in [0.05, 0.1) is 6.61 Å². The molecule has 2 amide bonds. The number of piperazine rings is 1. The molecule has 0 bridgehead atoms. The number of hydrogen-bond acceptors (Lipinski definition) is 6. The summed E-state index contributed by atoms with van der Waals surface area (Å²) in [5.41, 5.74) is 1.71. The lowest BCUT2D eigenvalue weighted by Crippen LogP contribution is -2.55. The van der Waals surface area contributed by atoms with Gasteiger partial charge in [0.25, 0.3) is 0 Å². The summed E-state index contributed by atoms with van der Waals surface area (Å²) >= 11 is 1.36. The quantitative estimate of drug-likeness (QED) is 0.596. The van der Waals surface area contributed by atoms with Crippen molar-refractivity contribution in [3.63, 3.8) is 0 Å². The monoisotopic (exact) mass is 455 g/mol. The maximum atomic E-state index is 13.1. The van der Waals surface area contributed by atoms with Crippen LogP contribution in [0.3, 0.4) is 0 Å². The van der Waals surface area contributed by atoms with Crippen LogP contribution in [0.2, 0.25) is 0 Å². The van der Waals surface area contributed by atoms with Crippen LogP contribution in [-0.2, 0) is 6.42 Å². The van der Waals surface area contributed by atoms with Gasteiger partial charge in [-0.3, -0.25) is 0 Å². The number of anilines is 2. The van der Waals surface area contributed by atoms with E-state index in [0.29, 0.717) is 32.7 Å². The lowest BCUT2D eigenvalue weighted by Gasteiger charge is -2.39. The lowest BCUT2D eigenvalue weighted by atomic mass is 10.1. The SMILES string of the molecule is CCOc1ccc(NC(=O)N2CCN(c3nc(Cc4ccc(F)cc4)ns3)CC2C)cc1. The van der Waals surface area contributed by atoms with Crippen LogP contribution in [0, 0.1) is 5.82 Å². The molecule has 32 heavy (non-hydrogen) atoms. The third-order valence-electron chi connectivity index (χ3n) is 5.31. The highest BCUT2D eigenvalue weighted by Crippen LogP contribution is 2.23. The number of nitrogens with one attached hydrogen (secondary N) is 1. The van der Waals surface area contributed by atoms with Gasteiger partial charge in [0.1, 0.15) is 17.4 Å². The molecular weight excluding hydrogens is 429 g/mol. The fourth-order valence-corrected chi connectivity index (χ4v) is 4.38. The number of urea groups is 1. The molecule has 0 radical (unpaired) electrons. The highest BCUT2D eigenvalue weighted by molar-refractivity contribution is 7.09. The second kappa shape index (κ2) is 9.95. The summed E-state index contributed by atoms with van der Waals surface area (Å²) in [6.45, 7) is 6.54. The molecule has 1 fully saturated rings. The standard InChI is InChI=1S/C23H26FN5O2S/c1-3-31-20-10-8-19(9-11-20)25-22(30)29-13-12-28(15-16(29)2)23-26-21(27-32-23)14-17-4-6-18(24)7-5-17/h4-11,16H,3,12-15H2,1-2H3,(H,25,30). The average molecular weight is 456 g/mol. The van der Waals surface area contributed by atoms with Gasteiger partial charge in [-0.15, -0.1) is 0 Å². The van der Waals surface area contributed by atoms with Gasteiger partial charge in [0.15, 0.2) is 0 Å². The molecule has 4 rings (SSSR count). The Bertz CT molecular complexity index is 1040. The number of halogens is 1. The first-order valence-corrected chi connectivity index (χ1v) is 11.4. The minimum absolute atomic E-state index is 0.0240. The maximum Gasteiger partial charge on any atom is 0.322 e. The molecule has 7 nitrogen and oxygen atoms in total. The molecule has 1 aliphatic heterocycles. The number of hydrogen-bond donors (Lipinski definition) is 1. The molecule has 0 saturated carbocycles. The predicted molar refractivity (Wildman–Crippen MR) is 124 cm³/mol. The van der Waals surface area contributed by atoms with Crippen molar-refractivity contribution < 1.29 is 13.9 Å². The summed E-state index contributed by atoms with van der Waals surface area (Å²) in [5, 5.41) is 3.81. The van der Waals surface area contributed by atoms with Crippen LogP contribution in [-0.4, -0.2) is 52.6 Å². The van der Waals surface area contributed by atoms with E-state index >= 15 is 0 Å².